The lowest BCUT2D eigenvalue weighted by atomic mass is 10.1. The van der Waals surface area contributed by atoms with Gasteiger partial charge in [-0.3, -0.25) is 4.79 Å². The monoisotopic (exact) mass is 414 g/mol. The molecule has 0 aliphatic carbocycles. The van der Waals surface area contributed by atoms with Crippen LogP contribution in [0.15, 0.2) is 96.1 Å². The Hall–Kier alpha value is -3.63. The molecule has 5 heteroatoms. The van der Waals surface area contributed by atoms with Crippen LogP contribution in [0.5, 0.6) is 5.75 Å². The van der Waals surface area contributed by atoms with E-state index in [4.69, 9.17) is 16.3 Å². The van der Waals surface area contributed by atoms with E-state index in [2.05, 4.69) is 10.5 Å². The molecule has 0 aromatic heterocycles. The third kappa shape index (κ3) is 4.85. The average Bonchev–Trinajstić information content (AvgIpc) is 2.79. The van der Waals surface area contributed by atoms with E-state index < -0.39 is 0 Å². The molecule has 4 aromatic rings. The summed E-state index contributed by atoms with van der Waals surface area (Å²) in [5.74, 6) is 0.323. The van der Waals surface area contributed by atoms with E-state index in [0.717, 1.165) is 21.9 Å². The lowest BCUT2D eigenvalue weighted by Gasteiger charge is -2.08. The number of fused-ring (bicyclic) bond motifs is 1. The van der Waals surface area contributed by atoms with Crippen molar-refractivity contribution in [2.24, 2.45) is 5.10 Å². The van der Waals surface area contributed by atoms with Crippen LogP contribution in [0.4, 0.5) is 0 Å². The lowest BCUT2D eigenvalue weighted by Crippen LogP contribution is -2.17. The highest BCUT2D eigenvalue weighted by molar-refractivity contribution is 6.32. The molecule has 0 bridgehead atoms. The molecule has 0 heterocycles. The first-order valence-electron chi connectivity index (χ1n) is 9.47. The predicted molar refractivity (Wildman–Crippen MR) is 121 cm³/mol. The number of nitrogens with one attached hydrogen (secondary N) is 1. The molecule has 1 N–H and O–H groups in total. The van der Waals surface area contributed by atoms with Crippen LogP contribution in [0.1, 0.15) is 21.5 Å². The number of halogens is 1. The maximum atomic E-state index is 12.3. The van der Waals surface area contributed by atoms with Gasteiger partial charge >= 0.3 is 0 Å². The van der Waals surface area contributed by atoms with Crippen molar-refractivity contribution in [3.05, 3.63) is 113 Å². The molecule has 4 nitrogen and oxygen atoms in total. The first-order chi connectivity index (χ1) is 14.7. The Morgan fingerprint density at radius 1 is 0.900 bits per heavy atom. The summed E-state index contributed by atoms with van der Waals surface area (Å²) >= 11 is 6.31. The quantitative estimate of drug-likeness (QED) is 0.318. The van der Waals surface area contributed by atoms with E-state index in [-0.39, 0.29) is 5.91 Å². The van der Waals surface area contributed by atoms with Crippen LogP contribution in [-0.4, -0.2) is 12.1 Å². The Bertz CT molecular complexity index is 1210. The van der Waals surface area contributed by atoms with Crippen LogP contribution in [0.3, 0.4) is 0 Å². The Kier molecular flexibility index (Phi) is 6.06. The Balaban J connectivity index is 1.37. The van der Waals surface area contributed by atoms with Crippen LogP contribution >= 0.6 is 11.6 Å². The topological polar surface area (TPSA) is 50.7 Å². The van der Waals surface area contributed by atoms with Crippen LogP contribution in [0.25, 0.3) is 10.8 Å². The van der Waals surface area contributed by atoms with Gasteiger partial charge in [0.05, 0.1) is 11.2 Å². The molecule has 0 radical (unpaired) electrons. The second kappa shape index (κ2) is 9.25. The lowest BCUT2D eigenvalue weighted by molar-refractivity contribution is 0.0955. The number of carbonyl (C=O) groups is 1. The fraction of sp³-hybridized carbons (Fsp3) is 0.0400. The summed E-state index contributed by atoms with van der Waals surface area (Å²) in [6, 6.07) is 28.7. The van der Waals surface area contributed by atoms with Crippen LogP contribution in [0, 0.1) is 0 Å². The molecule has 0 atom stereocenters. The first-order valence-corrected chi connectivity index (χ1v) is 9.85. The number of benzene rings is 4. The van der Waals surface area contributed by atoms with Crippen molar-refractivity contribution < 1.29 is 9.53 Å². The van der Waals surface area contributed by atoms with E-state index in [1.54, 1.807) is 24.4 Å². The molecular weight excluding hydrogens is 396 g/mol. The fourth-order valence-corrected chi connectivity index (χ4v) is 3.25. The number of hydrazone groups is 1. The molecule has 0 saturated heterocycles. The van der Waals surface area contributed by atoms with Gasteiger partial charge < -0.3 is 4.74 Å². The van der Waals surface area contributed by atoms with Gasteiger partial charge in [0.2, 0.25) is 0 Å². The van der Waals surface area contributed by atoms with Crippen LogP contribution in [-0.2, 0) is 6.61 Å². The molecule has 0 aliphatic heterocycles. The third-order valence-electron chi connectivity index (χ3n) is 4.58. The van der Waals surface area contributed by atoms with Gasteiger partial charge in [-0.2, -0.15) is 5.10 Å². The Morgan fingerprint density at radius 3 is 2.47 bits per heavy atom. The summed E-state index contributed by atoms with van der Waals surface area (Å²) in [5, 5.41) is 6.61. The Morgan fingerprint density at radius 2 is 1.67 bits per heavy atom. The van der Waals surface area contributed by atoms with Crippen molar-refractivity contribution in [1.82, 2.24) is 5.43 Å². The zero-order valence-corrected chi connectivity index (χ0v) is 16.8. The molecule has 4 aromatic carbocycles. The normalized spacial score (nSPS) is 11.0. The minimum absolute atomic E-state index is 0.272. The number of rotatable bonds is 6. The van der Waals surface area contributed by atoms with E-state index in [1.165, 1.54) is 0 Å². The number of hydrogen-bond donors (Lipinski definition) is 1. The average molecular weight is 415 g/mol. The molecule has 0 saturated carbocycles. The SMILES string of the molecule is O=C(N/N=C\c1ccc(OCc2ccccc2)c(Cl)c1)c1ccc2ccccc2c1. The van der Waals surface area contributed by atoms with E-state index in [1.807, 2.05) is 72.8 Å². The van der Waals surface area contributed by atoms with Gasteiger partial charge in [-0.1, -0.05) is 72.3 Å². The summed E-state index contributed by atoms with van der Waals surface area (Å²) in [6.07, 6.45) is 1.55. The third-order valence-corrected chi connectivity index (χ3v) is 4.88. The van der Waals surface area contributed by atoms with E-state index >= 15 is 0 Å². The molecule has 0 aliphatic rings. The smallest absolute Gasteiger partial charge is 0.271 e. The molecular formula is C25H19ClN2O2. The molecule has 0 unspecified atom stereocenters. The number of carbonyl (C=O) groups excluding carboxylic acids is 1. The molecule has 4 rings (SSSR count). The number of amides is 1. The molecule has 0 spiro atoms. The van der Waals surface area contributed by atoms with Crippen molar-refractivity contribution in [3.8, 4) is 5.75 Å². The molecule has 148 valence electrons. The maximum absolute atomic E-state index is 12.3. The molecule has 30 heavy (non-hydrogen) atoms. The van der Waals surface area contributed by atoms with E-state index in [0.29, 0.717) is 22.9 Å². The van der Waals surface area contributed by atoms with Gasteiger partial charge in [0.1, 0.15) is 12.4 Å². The fourth-order valence-electron chi connectivity index (χ4n) is 3.01. The maximum Gasteiger partial charge on any atom is 0.271 e. The summed E-state index contributed by atoms with van der Waals surface area (Å²) < 4.78 is 5.77. The number of nitrogens with zero attached hydrogens (tertiary/aromatic N) is 1. The van der Waals surface area contributed by atoms with Crippen molar-refractivity contribution in [3.63, 3.8) is 0 Å². The van der Waals surface area contributed by atoms with Gasteiger partial charge in [0, 0.05) is 5.56 Å². The Labute approximate surface area is 179 Å². The minimum Gasteiger partial charge on any atom is -0.487 e. The van der Waals surface area contributed by atoms with Gasteiger partial charge in [-0.15, -0.1) is 0 Å². The highest BCUT2D eigenvalue weighted by Gasteiger charge is 2.06. The van der Waals surface area contributed by atoms with Crippen molar-refractivity contribution in [1.29, 1.82) is 0 Å². The van der Waals surface area contributed by atoms with Gasteiger partial charge in [0.15, 0.2) is 0 Å². The van der Waals surface area contributed by atoms with Crippen molar-refractivity contribution in [2.75, 3.05) is 0 Å². The summed E-state index contributed by atoms with van der Waals surface area (Å²) in [7, 11) is 0. The highest BCUT2D eigenvalue weighted by atomic mass is 35.5. The van der Waals surface area contributed by atoms with Crippen molar-refractivity contribution in [2.45, 2.75) is 6.61 Å². The van der Waals surface area contributed by atoms with Crippen molar-refractivity contribution >= 4 is 34.5 Å². The first kappa shape index (κ1) is 19.7. The van der Waals surface area contributed by atoms with Crippen LogP contribution in [0.2, 0.25) is 5.02 Å². The molecule has 1 amide bonds. The largest absolute Gasteiger partial charge is 0.487 e. The second-order valence-electron chi connectivity index (χ2n) is 6.73. The van der Waals surface area contributed by atoms with Gasteiger partial charge in [0.25, 0.3) is 5.91 Å². The van der Waals surface area contributed by atoms with E-state index in [9.17, 15) is 4.79 Å². The van der Waals surface area contributed by atoms with Crippen LogP contribution < -0.4 is 10.2 Å². The second-order valence-corrected chi connectivity index (χ2v) is 7.13. The van der Waals surface area contributed by atoms with Gasteiger partial charge in [-0.25, -0.2) is 5.43 Å². The number of hydrogen-bond acceptors (Lipinski definition) is 3. The summed E-state index contributed by atoms with van der Waals surface area (Å²) in [4.78, 5) is 12.3. The zero-order chi connectivity index (χ0) is 20.8. The number of ether oxygens (including phenoxy) is 1. The predicted octanol–water partition coefficient (Wildman–Crippen LogP) is 5.84. The molecule has 0 fully saturated rings. The standard InChI is InChI=1S/C25H19ClN2O2/c26-23-14-19(10-13-24(23)30-17-18-6-2-1-3-7-18)16-27-28-25(29)22-12-11-20-8-4-5-9-21(20)15-22/h1-16H,17H2,(H,28,29)/b27-16-. The minimum atomic E-state index is -0.272. The van der Waals surface area contributed by atoms with Gasteiger partial charge in [-0.05, 0) is 52.2 Å². The summed E-state index contributed by atoms with van der Waals surface area (Å²) in [6.45, 7) is 0.440. The summed E-state index contributed by atoms with van der Waals surface area (Å²) in [5.41, 5.74) is 4.92. The highest BCUT2D eigenvalue weighted by Crippen LogP contribution is 2.25. The zero-order valence-electron chi connectivity index (χ0n) is 16.1.